The van der Waals surface area contributed by atoms with Gasteiger partial charge in [0.2, 0.25) is 0 Å². The summed E-state index contributed by atoms with van der Waals surface area (Å²) in [6.45, 7) is 4.41. The summed E-state index contributed by atoms with van der Waals surface area (Å²) in [7, 11) is 0. The molecule has 0 radical (unpaired) electrons. The molecule has 0 aliphatic carbocycles. The van der Waals surface area contributed by atoms with Crippen LogP contribution in [-0.2, 0) is 5.75 Å². The highest BCUT2D eigenvalue weighted by Crippen LogP contribution is 2.24. The molecule has 2 rings (SSSR count). The van der Waals surface area contributed by atoms with Gasteiger partial charge in [-0.2, -0.15) is 0 Å². The second-order valence-corrected chi connectivity index (χ2v) is 5.92. The van der Waals surface area contributed by atoms with Crippen molar-refractivity contribution in [3.05, 3.63) is 65.2 Å². The summed E-state index contributed by atoms with van der Waals surface area (Å²) in [5.41, 5.74) is 3.43. The Labute approximate surface area is 119 Å². The number of carbonyl (C=O) groups excluding carboxylic acids is 1. The molecular weight excluding hydrogens is 252 g/mol. The molecule has 0 saturated heterocycles. The SMILES string of the molecule is CC(C)c1ccc(CSc2ccc(C=O)cc2)cc1. The van der Waals surface area contributed by atoms with Crippen LogP contribution in [0.3, 0.4) is 0 Å². The fourth-order valence-electron chi connectivity index (χ4n) is 1.81. The molecule has 2 aromatic rings. The largest absolute Gasteiger partial charge is 0.298 e. The van der Waals surface area contributed by atoms with E-state index in [1.807, 2.05) is 24.3 Å². The average Bonchev–Trinajstić information content (AvgIpc) is 2.46. The van der Waals surface area contributed by atoms with Crippen molar-refractivity contribution < 1.29 is 4.79 Å². The first-order valence-corrected chi connectivity index (χ1v) is 7.44. The highest BCUT2D eigenvalue weighted by Gasteiger charge is 2.00. The lowest BCUT2D eigenvalue weighted by atomic mass is 10.0. The Morgan fingerprint density at radius 3 is 2.16 bits per heavy atom. The maximum absolute atomic E-state index is 10.6. The molecule has 2 aromatic carbocycles. The Morgan fingerprint density at radius 2 is 1.63 bits per heavy atom. The van der Waals surface area contributed by atoms with Crippen LogP contribution >= 0.6 is 11.8 Å². The number of hydrogen-bond acceptors (Lipinski definition) is 2. The molecule has 19 heavy (non-hydrogen) atoms. The molecule has 0 spiro atoms. The van der Waals surface area contributed by atoms with Crippen LogP contribution in [0.25, 0.3) is 0 Å². The number of carbonyl (C=O) groups is 1. The van der Waals surface area contributed by atoms with E-state index in [1.54, 1.807) is 11.8 Å². The van der Waals surface area contributed by atoms with Gasteiger partial charge in [0.1, 0.15) is 6.29 Å². The zero-order valence-electron chi connectivity index (χ0n) is 11.3. The molecule has 0 aliphatic heterocycles. The minimum atomic E-state index is 0.581. The van der Waals surface area contributed by atoms with Crippen molar-refractivity contribution >= 4 is 18.0 Å². The summed E-state index contributed by atoms with van der Waals surface area (Å²) in [6, 6.07) is 16.5. The normalized spacial score (nSPS) is 10.7. The van der Waals surface area contributed by atoms with Gasteiger partial charge in [0.05, 0.1) is 0 Å². The smallest absolute Gasteiger partial charge is 0.150 e. The van der Waals surface area contributed by atoms with E-state index in [-0.39, 0.29) is 0 Å². The Bertz CT molecular complexity index is 526. The molecular formula is C17H18OS. The Morgan fingerprint density at radius 1 is 1.00 bits per heavy atom. The zero-order chi connectivity index (χ0) is 13.7. The lowest BCUT2D eigenvalue weighted by molar-refractivity contribution is 0.112. The third kappa shape index (κ3) is 3.97. The quantitative estimate of drug-likeness (QED) is 0.567. The minimum absolute atomic E-state index is 0.581. The second-order valence-electron chi connectivity index (χ2n) is 4.87. The van der Waals surface area contributed by atoms with Crippen LogP contribution in [0.5, 0.6) is 0 Å². The van der Waals surface area contributed by atoms with Gasteiger partial charge < -0.3 is 0 Å². The molecule has 0 aromatic heterocycles. The molecule has 0 bridgehead atoms. The van der Waals surface area contributed by atoms with E-state index in [0.717, 1.165) is 17.6 Å². The molecule has 0 atom stereocenters. The molecule has 98 valence electrons. The van der Waals surface area contributed by atoms with Crippen molar-refractivity contribution in [1.82, 2.24) is 0 Å². The summed E-state index contributed by atoms with van der Waals surface area (Å²) >= 11 is 1.79. The lowest BCUT2D eigenvalue weighted by Gasteiger charge is -2.07. The first-order valence-electron chi connectivity index (χ1n) is 6.46. The predicted molar refractivity (Wildman–Crippen MR) is 81.9 cm³/mol. The van der Waals surface area contributed by atoms with Gasteiger partial charge in [-0.15, -0.1) is 11.8 Å². The summed E-state index contributed by atoms with van der Waals surface area (Å²) in [5.74, 6) is 1.54. The molecule has 0 aliphatic rings. The Hall–Kier alpha value is -1.54. The zero-order valence-corrected chi connectivity index (χ0v) is 12.1. The number of hydrogen-bond donors (Lipinski definition) is 0. The van der Waals surface area contributed by atoms with Crippen molar-refractivity contribution in [3.63, 3.8) is 0 Å². The van der Waals surface area contributed by atoms with Crippen molar-refractivity contribution in [3.8, 4) is 0 Å². The van der Waals surface area contributed by atoms with Gasteiger partial charge in [0, 0.05) is 16.2 Å². The standard InChI is InChI=1S/C17H18OS/c1-13(2)16-7-3-15(4-8-16)12-19-17-9-5-14(11-18)6-10-17/h3-11,13H,12H2,1-2H3. The average molecular weight is 270 g/mol. The number of rotatable bonds is 5. The third-order valence-corrected chi connectivity index (χ3v) is 4.15. The van der Waals surface area contributed by atoms with Crippen LogP contribution in [0.4, 0.5) is 0 Å². The van der Waals surface area contributed by atoms with Crippen LogP contribution in [0, 0.1) is 0 Å². The molecule has 0 fully saturated rings. The molecule has 1 nitrogen and oxygen atoms in total. The highest BCUT2D eigenvalue weighted by molar-refractivity contribution is 7.98. The fraction of sp³-hybridized carbons (Fsp3) is 0.235. The van der Waals surface area contributed by atoms with Gasteiger partial charge in [-0.05, 0) is 29.2 Å². The fourth-order valence-corrected chi connectivity index (χ4v) is 2.66. The van der Waals surface area contributed by atoms with Crippen molar-refractivity contribution in [2.75, 3.05) is 0 Å². The summed E-state index contributed by atoms with van der Waals surface area (Å²) in [5, 5.41) is 0. The molecule has 0 N–H and O–H groups in total. The van der Waals surface area contributed by atoms with Crippen LogP contribution in [0.15, 0.2) is 53.4 Å². The van der Waals surface area contributed by atoms with E-state index in [2.05, 4.69) is 38.1 Å². The highest BCUT2D eigenvalue weighted by atomic mass is 32.2. The van der Waals surface area contributed by atoms with Gasteiger partial charge in [-0.25, -0.2) is 0 Å². The second kappa shape index (κ2) is 6.58. The number of benzene rings is 2. The van der Waals surface area contributed by atoms with Gasteiger partial charge >= 0.3 is 0 Å². The third-order valence-electron chi connectivity index (χ3n) is 3.07. The van der Waals surface area contributed by atoms with Crippen LogP contribution in [0.2, 0.25) is 0 Å². The lowest BCUT2D eigenvalue weighted by Crippen LogP contribution is -1.88. The van der Waals surface area contributed by atoms with E-state index in [0.29, 0.717) is 5.92 Å². The Balaban J connectivity index is 1.95. The first kappa shape index (κ1) is 13.9. The van der Waals surface area contributed by atoms with E-state index >= 15 is 0 Å². The maximum atomic E-state index is 10.6. The van der Waals surface area contributed by atoms with E-state index < -0.39 is 0 Å². The van der Waals surface area contributed by atoms with Crippen molar-refractivity contribution in [2.45, 2.75) is 30.4 Å². The summed E-state index contributed by atoms with van der Waals surface area (Å²) < 4.78 is 0. The molecule has 0 amide bonds. The number of aldehydes is 1. The molecule has 0 unspecified atom stereocenters. The van der Waals surface area contributed by atoms with Gasteiger partial charge in [-0.3, -0.25) is 4.79 Å². The predicted octanol–water partition coefficient (Wildman–Crippen LogP) is 4.91. The Kier molecular flexibility index (Phi) is 4.80. The maximum Gasteiger partial charge on any atom is 0.150 e. The van der Waals surface area contributed by atoms with E-state index in [4.69, 9.17) is 0 Å². The summed E-state index contributed by atoms with van der Waals surface area (Å²) in [4.78, 5) is 11.8. The van der Waals surface area contributed by atoms with Crippen LogP contribution in [0.1, 0.15) is 41.3 Å². The van der Waals surface area contributed by atoms with Gasteiger partial charge in [-0.1, -0.05) is 50.2 Å². The molecule has 0 saturated carbocycles. The van der Waals surface area contributed by atoms with Gasteiger partial charge in [0.15, 0.2) is 0 Å². The van der Waals surface area contributed by atoms with Crippen LogP contribution in [-0.4, -0.2) is 6.29 Å². The van der Waals surface area contributed by atoms with E-state index in [9.17, 15) is 4.79 Å². The topological polar surface area (TPSA) is 17.1 Å². The monoisotopic (exact) mass is 270 g/mol. The van der Waals surface area contributed by atoms with Gasteiger partial charge in [0.25, 0.3) is 0 Å². The number of thioether (sulfide) groups is 1. The van der Waals surface area contributed by atoms with Crippen molar-refractivity contribution in [1.29, 1.82) is 0 Å². The minimum Gasteiger partial charge on any atom is -0.298 e. The molecule has 0 heterocycles. The molecule has 2 heteroatoms. The van der Waals surface area contributed by atoms with E-state index in [1.165, 1.54) is 16.0 Å². The first-order chi connectivity index (χ1) is 9.19. The summed E-state index contributed by atoms with van der Waals surface area (Å²) in [6.07, 6.45) is 0.874. The van der Waals surface area contributed by atoms with Crippen molar-refractivity contribution in [2.24, 2.45) is 0 Å². The van der Waals surface area contributed by atoms with Crippen LogP contribution < -0.4 is 0 Å².